The molecule has 2 unspecified atom stereocenters. The zero-order valence-electron chi connectivity index (χ0n) is 10.1. The quantitative estimate of drug-likeness (QED) is 0.755. The number of aromatic nitrogens is 4. The van der Waals surface area contributed by atoms with Crippen LogP contribution < -0.4 is 5.32 Å². The summed E-state index contributed by atoms with van der Waals surface area (Å²) in [6.45, 7) is 7.55. The first-order valence-electron chi connectivity index (χ1n) is 5.63. The number of aryl methyl sites for hydroxylation is 1. The minimum absolute atomic E-state index is 0.504. The molecule has 15 heavy (non-hydrogen) atoms. The lowest BCUT2D eigenvalue weighted by molar-refractivity contribution is 0.362. The molecule has 1 rings (SSSR count). The van der Waals surface area contributed by atoms with Crippen LogP contribution in [0, 0.1) is 5.92 Å². The van der Waals surface area contributed by atoms with Crippen LogP contribution in [-0.2, 0) is 13.5 Å². The van der Waals surface area contributed by atoms with E-state index in [1.165, 1.54) is 4.80 Å². The van der Waals surface area contributed by atoms with E-state index in [-0.39, 0.29) is 0 Å². The van der Waals surface area contributed by atoms with Crippen molar-refractivity contribution in [3.63, 3.8) is 0 Å². The van der Waals surface area contributed by atoms with Gasteiger partial charge in [0.1, 0.15) is 0 Å². The van der Waals surface area contributed by atoms with E-state index in [1.807, 2.05) is 0 Å². The fourth-order valence-corrected chi connectivity index (χ4v) is 1.80. The molecule has 0 saturated heterocycles. The Bertz CT molecular complexity index is 283. The van der Waals surface area contributed by atoms with Gasteiger partial charge in [0.05, 0.1) is 7.05 Å². The van der Waals surface area contributed by atoms with Crippen LogP contribution in [0.4, 0.5) is 0 Å². The van der Waals surface area contributed by atoms with E-state index in [9.17, 15) is 0 Å². The van der Waals surface area contributed by atoms with Crippen molar-refractivity contribution in [3.05, 3.63) is 5.82 Å². The third-order valence-electron chi connectivity index (χ3n) is 2.75. The maximum Gasteiger partial charge on any atom is 0.175 e. The first kappa shape index (κ1) is 12.1. The van der Waals surface area contributed by atoms with Crippen LogP contribution in [0.3, 0.4) is 0 Å². The molecule has 0 spiro atoms. The summed E-state index contributed by atoms with van der Waals surface area (Å²) in [5.74, 6) is 1.42. The largest absolute Gasteiger partial charge is 0.314 e. The van der Waals surface area contributed by atoms with Crippen LogP contribution >= 0.6 is 0 Å². The highest BCUT2D eigenvalue weighted by Gasteiger charge is 2.17. The molecule has 86 valence electrons. The van der Waals surface area contributed by atoms with Crippen LogP contribution in [0.2, 0.25) is 0 Å². The molecule has 0 saturated carbocycles. The molecular weight excluding hydrogens is 190 g/mol. The predicted octanol–water partition coefficient (Wildman–Crippen LogP) is 0.777. The first-order valence-corrected chi connectivity index (χ1v) is 5.63. The van der Waals surface area contributed by atoms with E-state index >= 15 is 0 Å². The summed E-state index contributed by atoms with van der Waals surface area (Å²) in [7, 11) is 1.80. The van der Waals surface area contributed by atoms with Gasteiger partial charge in [-0.3, -0.25) is 0 Å². The van der Waals surface area contributed by atoms with Gasteiger partial charge in [0.25, 0.3) is 0 Å². The lowest BCUT2D eigenvalue weighted by Gasteiger charge is -2.21. The van der Waals surface area contributed by atoms with Gasteiger partial charge >= 0.3 is 0 Å². The highest BCUT2D eigenvalue weighted by molar-refractivity contribution is 4.84. The van der Waals surface area contributed by atoms with Gasteiger partial charge in [-0.15, -0.1) is 10.2 Å². The third-order valence-corrected chi connectivity index (χ3v) is 2.75. The molecule has 0 bridgehead atoms. The Labute approximate surface area is 91.2 Å². The Morgan fingerprint density at radius 3 is 2.60 bits per heavy atom. The molecule has 1 aromatic rings. The minimum atomic E-state index is 0.504. The molecule has 2 atom stereocenters. The molecule has 0 radical (unpaired) electrons. The standard InChI is InChI=1S/C10H21N5/c1-5-9(8(3)11-6-2)7-10-12-14-15(4)13-10/h8-9,11H,5-7H2,1-4H3. The van der Waals surface area contributed by atoms with E-state index in [2.05, 4.69) is 41.5 Å². The van der Waals surface area contributed by atoms with Gasteiger partial charge in [-0.05, 0) is 24.6 Å². The van der Waals surface area contributed by atoms with Crippen molar-refractivity contribution in [2.75, 3.05) is 6.54 Å². The van der Waals surface area contributed by atoms with Crippen LogP contribution in [-0.4, -0.2) is 32.8 Å². The number of nitrogens with zero attached hydrogens (tertiary/aromatic N) is 4. The van der Waals surface area contributed by atoms with Crippen molar-refractivity contribution in [2.45, 2.75) is 39.7 Å². The molecule has 0 aliphatic rings. The Kier molecular flexibility index (Phi) is 4.68. The monoisotopic (exact) mass is 211 g/mol. The highest BCUT2D eigenvalue weighted by Crippen LogP contribution is 2.13. The maximum atomic E-state index is 4.21. The van der Waals surface area contributed by atoms with E-state index in [4.69, 9.17) is 0 Å². The van der Waals surface area contributed by atoms with E-state index in [0.29, 0.717) is 12.0 Å². The van der Waals surface area contributed by atoms with Gasteiger partial charge in [0, 0.05) is 12.5 Å². The number of hydrogen-bond acceptors (Lipinski definition) is 4. The molecular formula is C10H21N5. The van der Waals surface area contributed by atoms with Gasteiger partial charge < -0.3 is 5.32 Å². The zero-order valence-corrected chi connectivity index (χ0v) is 10.1. The van der Waals surface area contributed by atoms with E-state index in [1.54, 1.807) is 7.05 Å². The molecule has 1 heterocycles. The summed E-state index contributed by atoms with van der Waals surface area (Å²) >= 11 is 0. The van der Waals surface area contributed by atoms with Gasteiger partial charge in [-0.25, -0.2) is 0 Å². The second-order valence-electron chi connectivity index (χ2n) is 3.91. The van der Waals surface area contributed by atoms with Crippen molar-refractivity contribution in [1.82, 2.24) is 25.5 Å². The fourth-order valence-electron chi connectivity index (χ4n) is 1.80. The fraction of sp³-hybridized carbons (Fsp3) is 0.900. The Morgan fingerprint density at radius 1 is 1.40 bits per heavy atom. The predicted molar refractivity (Wildman–Crippen MR) is 59.4 cm³/mol. The Balaban J connectivity index is 2.53. The Morgan fingerprint density at radius 2 is 2.13 bits per heavy atom. The molecule has 0 aromatic carbocycles. The molecule has 0 fully saturated rings. The summed E-state index contributed by atoms with van der Waals surface area (Å²) in [5.41, 5.74) is 0. The molecule has 1 N–H and O–H groups in total. The van der Waals surface area contributed by atoms with Gasteiger partial charge in [-0.2, -0.15) is 4.80 Å². The molecule has 0 aliphatic heterocycles. The normalized spacial score (nSPS) is 15.2. The summed E-state index contributed by atoms with van der Waals surface area (Å²) in [4.78, 5) is 1.51. The van der Waals surface area contributed by atoms with Crippen molar-refractivity contribution in [1.29, 1.82) is 0 Å². The number of tetrazole rings is 1. The summed E-state index contributed by atoms with van der Waals surface area (Å²) < 4.78 is 0. The Hall–Kier alpha value is -0.970. The zero-order chi connectivity index (χ0) is 11.3. The highest BCUT2D eigenvalue weighted by atomic mass is 15.6. The maximum absolute atomic E-state index is 4.21. The van der Waals surface area contributed by atoms with Gasteiger partial charge in [0.2, 0.25) is 0 Å². The number of nitrogens with one attached hydrogen (secondary N) is 1. The number of rotatable bonds is 6. The summed E-state index contributed by atoms with van der Waals surface area (Å²) in [5, 5.41) is 15.5. The number of hydrogen-bond donors (Lipinski definition) is 1. The van der Waals surface area contributed by atoms with Crippen LogP contribution in [0.5, 0.6) is 0 Å². The van der Waals surface area contributed by atoms with Gasteiger partial charge in [-0.1, -0.05) is 20.3 Å². The third kappa shape index (κ3) is 3.58. The van der Waals surface area contributed by atoms with Crippen molar-refractivity contribution >= 4 is 0 Å². The van der Waals surface area contributed by atoms with Crippen LogP contribution in [0.25, 0.3) is 0 Å². The lowest BCUT2D eigenvalue weighted by Crippen LogP contribution is -2.34. The topological polar surface area (TPSA) is 55.6 Å². The molecule has 1 aromatic heterocycles. The van der Waals surface area contributed by atoms with Crippen molar-refractivity contribution < 1.29 is 0 Å². The van der Waals surface area contributed by atoms with Crippen molar-refractivity contribution in [2.24, 2.45) is 13.0 Å². The van der Waals surface area contributed by atoms with Crippen molar-refractivity contribution in [3.8, 4) is 0 Å². The molecule has 5 heteroatoms. The van der Waals surface area contributed by atoms with Crippen LogP contribution in [0.1, 0.15) is 33.0 Å². The van der Waals surface area contributed by atoms with Crippen LogP contribution in [0.15, 0.2) is 0 Å². The average Bonchev–Trinajstić information content (AvgIpc) is 2.61. The molecule has 0 aliphatic carbocycles. The smallest absolute Gasteiger partial charge is 0.175 e. The molecule has 5 nitrogen and oxygen atoms in total. The van der Waals surface area contributed by atoms with E-state index in [0.717, 1.165) is 25.2 Å². The first-order chi connectivity index (χ1) is 7.17. The summed E-state index contributed by atoms with van der Waals surface area (Å²) in [6.07, 6.45) is 2.03. The second kappa shape index (κ2) is 5.80. The second-order valence-corrected chi connectivity index (χ2v) is 3.91. The van der Waals surface area contributed by atoms with E-state index < -0.39 is 0 Å². The minimum Gasteiger partial charge on any atom is -0.314 e. The SMILES string of the molecule is CCNC(C)C(CC)Cc1nnn(C)n1. The summed E-state index contributed by atoms with van der Waals surface area (Å²) in [6, 6.07) is 0.504. The van der Waals surface area contributed by atoms with Gasteiger partial charge in [0.15, 0.2) is 5.82 Å². The molecule has 0 amide bonds. The average molecular weight is 211 g/mol. The lowest BCUT2D eigenvalue weighted by atomic mass is 9.94.